The van der Waals surface area contributed by atoms with Crippen LogP contribution in [0.3, 0.4) is 0 Å². The average Bonchev–Trinajstić information content (AvgIpc) is 2.92. The third-order valence-electron chi connectivity index (χ3n) is 3.73. The van der Waals surface area contributed by atoms with E-state index in [4.69, 9.17) is 10.00 Å². The van der Waals surface area contributed by atoms with Crippen molar-refractivity contribution in [3.8, 4) is 11.8 Å². The van der Waals surface area contributed by atoms with Gasteiger partial charge in [0.05, 0.1) is 18.2 Å². The minimum absolute atomic E-state index is 0.587. The highest BCUT2D eigenvalue weighted by Gasteiger charge is 2.10. The van der Waals surface area contributed by atoms with Gasteiger partial charge < -0.3 is 9.30 Å². The Labute approximate surface area is 134 Å². The zero-order chi connectivity index (χ0) is 16.2. The van der Waals surface area contributed by atoms with Crippen LogP contribution in [0.2, 0.25) is 0 Å². The van der Waals surface area contributed by atoms with Crippen LogP contribution in [0, 0.1) is 11.3 Å². The molecule has 3 aromatic rings. The Balaban J connectivity index is 2.03. The summed E-state index contributed by atoms with van der Waals surface area (Å²) in [5.74, 6) is 0.757. The second-order valence-corrected chi connectivity index (χ2v) is 5.25. The van der Waals surface area contributed by atoms with Crippen LogP contribution < -0.4 is 4.74 Å². The number of ether oxygens (including phenoxy) is 1. The van der Waals surface area contributed by atoms with Crippen molar-refractivity contribution in [3.05, 3.63) is 65.4 Å². The number of rotatable bonds is 5. The van der Waals surface area contributed by atoms with Crippen LogP contribution in [0.4, 0.5) is 0 Å². The quantitative estimate of drug-likeness (QED) is 0.674. The van der Waals surface area contributed by atoms with Crippen LogP contribution in [0.15, 0.2) is 48.7 Å². The van der Waals surface area contributed by atoms with Crippen LogP contribution in [-0.4, -0.2) is 17.5 Å². The molecule has 0 atom stereocenters. The van der Waals surface area contributed by atoms with Crippen LogP contribution in [-0.2, 0) is 6.54 Å². The third kappa shape index (κ3) is 2.95. The number of aldehydes is 1. The Hall–Kier alpha value is -3.06. The van der Waals surface area contributed by atoms with Gasteiger partial charge in [0.2, 0.25) is 0 Å². The summed E-state index contributed by atoms with van der Waals surface area (Å²) in [4.78, 5) is 11.4. The Morgan fingerprint density at radius 1 is 1.26 bits per heavy atom. The third-order valence-corrected chi connectivity index (χ3v) is 3.73. The van der Waals surface area contributed by atoms with E-state index in [9.17, 15) is 4.79 Å². The summed E-state index contributed by atoms with van der Waals surface area (Å²) in [5, 5.41) is 9.88. The van der Waals surface area contributed by atoms with Gasteiger partial charge in [-0.2, -0.15) is 5.26 Å². The molecule has 1 aromatic heterocycles. The minimum Gasteiger partial charge on any atom is -0.494 e. The van der Waals surface area contributed by atoms with E-state index in [2.05, 4.69) is 6.07 Å². The minimum atomic E-state index is 0.587. The summed E-state index contributed by atoms with van der Waals surface area (Å²) in [6.45, 7) is 3.12. The highest BCUT2D eigenvalue weighted by molar-refractivity contribution is 5.98. The molecular formula is C19H16N2O2. The number of carbonyl (C=O) groups is 1. The molecule has 0 aliphatic rings. The molecule has 0 bridgehead atoms. The van der Waals surface area contributed by atoms with Gasteiger partial charge in [0.15, 0.2) is 6.29 Å². The van der Waals surface area contributed by atoms with Crippen molar-refractivity contribution < 1.29 is 9.53 Å². The fraction of sp³-hybridized carbons (Fsp3) is 0.158. The molecule has 0 aliphatic carbocycles. The molecule has 4 heteroatoms. The van der Waals surface area contributed by atoms with Gasteiger partial charge in [-0.15, -0.1) is 0 Å². The van der Waals surface area contributed by atoms with Crippen LogP contribution in [0.25, 0.3) is 10.9 Å². The van der Waals surface area contributed by atoms with Gasteiger partial charge in [0, 0.05) is 29.2 Å². The maximum absolute atomic E-state index is 11.4. The molecule has 0 spiro atoms. The van der Waals surface area contributed by atoms with E-state index in [0.717, 1.165) is 28.5 Å². The molecule has 0 amide bonds. The molecule has 23 heavy (non-hydrogen) atoms. The lowest BCUT2D eigenvalue weighted by Gasteiger charge is -2.07. The Kier molecular flexibility index (Phi) is 4.11. The summed E-state index contributed by atoms with van der Waals surface area (Å²) in [6.07, 6.45) is 2.70. The van der Waals surface area contributed by atoms with Crippen molar-refractivity contribution in [2.24, 2.45) is 0 Å². The molecule has 0 radical (unpaired) electrons. The van der Waals surface area contributed by atoms with Crippen LogP contribution >= 0.6 is 0 Å². The van der Waals surface area contributed by atoms with E-state index in [1.54, 1.807) is 6.07 Å². The maximum Gasteiger partial charge on any atom is 0.152 e. The lowest BCUT2D eigenvalue weighted by Crippen LogP contribution is -1.98. The second kappa shape index (κ2) is 6.37. The molecule has 0 fully saturated rings. The highest BCUT2D eigenvalue weighted by atomic mass is 16.5. The van der Waals surface area contributed by atoms with Gasteiger partial charge in [-0.1, -0.05) is 12.1 Å². The van der Waals surface area contributed by atoms with E-state index in [1.807, 2.05) is 54.1 Å². The predicted molar refractivity (Wildman–Crippen MR) is 88.8 cm³/mol. The molecule has 114 valence electrons. The lowest BCUT2D eigenvalue weighted by atomic mass is 10.1. The zero-order valence-corrected chi connectivity index (χ0v) is 12.8. The number of hydrogen-bond donors (Lipinski definition) is 0. The first-order valence-electron chi connectivity index (χ1n) is 7.45. The first kappa shape index (κ1) is 14.9. The van der Waals surface area contributed by atoms with Crippen molar-refractivity contribution in [2.75, 3.05) is 6.61 Å². The van der Waals surface area contributed by atoms with Gasteiger partial charge in [-0.3, -0.25) is 4.79 Å². The highest BCUT2D eigenvalue weighted by Crippen LogP contribution is 2.26. The first-order chi connectivity index (χ1) is 11.2. The van der Waals surface area contributed by atoms with E-state index in [0.29, 0.717) is 24.3 Å². The number of aromatic nitrogens is 1. The predicted octanol–water partition coefficient (Wildman–Crippen LogP) is 3.77. The van der Waals surface area contributed by atoms with Gasteiger partial charge in [-0.25, -0.2) is 0 Å². The molecule has 0 unspecified atom stereocenters. The largest absolute Gasteiger partial charge is 0.494 e. The van der Waals surface area contributed by atoms with Crippen molar-refractivity contribution >= 4 is 17.2 Å². The fourth-order valence-electron chi connectivity index (χ4n) is 2.72. The molecule has 0 aliphatic heterocycles. The molecule has 2 aromatic carbocycles. The van der Waals surface area contributed by atoms with E-state index >= 15 is 0 Å². The number of benzene rings is 2. The number of nitrogens with zero attached hydrogens (tertiary/aromatic N) is 2. The zero-order valence-electron chi connectivity index (χ0n) is 12.8. The van der Waals surface area contributed by atoms with Crippen molar-refractivity contribution in [1.82, 2.24) is 4.57 Å². The Bertz CT molecular complexity index is 903. The van der Waals surface area contributed by atoms with Crippen molar-refractivity contribution in [3.63, 3.8) is 0 Å². The van der Waals surface area contributed by atoms with Gasteiger partial charge >= 0.3 is 0 Å². The average molecular weight is 304 g/mol. The molecule has 3 rings (SSSR count). The molecule has 4 nitrogen and oxygen atoms in total. The standard InChI is InChI=1S/C19H16N2O2/c1-2-23-17-6-7-19-18(9-17)16(13-22)12-21(19)11-15-5-3-4-14(8-15)10-20/h3-9,12-13H,2,11H2,1H3. The fourth-order valence-corrected chi connectivity index (χ4v) is 2.72. The van der Waals surface area contributed by atoms with Crippen LogP contribution in [0.5, 0.6) is 5.75 Å². The van der Waals surface area contributed by atoms with E-state index in [1.165, 1.54) is 0 Å². The molecule has 1 heterocycles. The SMILES string of the molecule is CCOc1ccc2c(c1)c(C=O)cn2Cc1cccc(C#N)c1. The van der Waals surface area contributed by atoms with Gasteiger partial charge in [0.25, 0.3) is 0 Å². The summed E-state index contributed by atoms with van der Waals surface area (Å²) < 4.78 is 7.53. The number of carbonyl (C=O) groups excluding carboxylic acids is 1. The Morgan fingerprint density at radius 3 is 2.87 bits per heavy atom. The van der Waals surface area contributed by atoms with E-state index < -0.39 is 0 Å². The lowest BCUT2D eigenvalue weighted by molar-refractivity contribution is 0.112. The van der Waals surface area contributed by atoms with Gasteiger partial charge in [-0.05, 0) is 42.8 Å². The number of fused-ring (bicyclic) bond motifs is 1. The maximum atomic E-state index is 11.4. The van der Waals surface area contributed by atoms with Crippen molar-refractivity contribution in [2.45, 2.75) is 13.5 Å². The normalized spacial score (nSPS) is 10.4. The summed E-state index contributed by atoms with van der Waals surface area (Å²) in [6, 6.07) is 15.4. The molecule has 0 N–H and O–H groups in total. The van der Waals surface area contributed by atoms with Crippen LogP contribution in [0.1, 0.15) is 28.4 Å². The first-order valence-corrected chi connectivity index (χ1v) is 7.45. The molecule has 0 saturated carbocycles. The smallest absolute Gasteiger partial charge is 0.152 e. The number of nitriles is 1. The summed E-state index contributed by atoms with van der Waals surface area (Å²) >= 11 is 0. The summed E-state index contributed by atoms with van der Waals surface area (Å²) in [7, 11) is 0. The van der Waals surface area contributed by atoms with Gasteiger partial charge in [0.1, 0.15) is 5.75 Å². The summed E-state index contributed by atoms with van der Waals surface area (Å²) in [5.41, 5.74) is 3.26. The van der Waals surface area contributed by atoms with Crippen molar-refractivity contribution in [1.29, 1.82) is 5.26 Å². The monoisotopic (exact) mass is 304 g/mol. The Morgan fingerprint density at radius 2 is 2.13 bits per heavy atom. The molecular weight excluding hydrogens is 288 g/mol. The van der Waals surface area contributed by atoms with E-state index in [-0.39, 0.29) is 0 Å². The topological polar surface area (TPSA) is 55.0 Å². The second-order valence-electron chi connectivity index (χ2n) is 5.25. The molecule has 0 saturated heterocycles. The number of hydrogen-bond acceptors (Lipinski definition) is 3.